The van der Waals surface area contributed by atoms with Crippen molar-refractivity contribution in [2.24, 2.45) is 0 Å². The van der Waals surface area contributed by atoms with Gasteiger partial charge in [-0.25, -0.2) is 4.79 Å². The number of aromatic carboxylic acids is 1. The van der Waals surface area contributed by atoms with E-state index in [2.05, 4.69) is 0 Å². The number of carbonyl (C=O) groups excluding carboxylic acids is 1. The van der Waals surface area contributed by atoms with E-state index in [1.54, 1.807) is 6.20 Å². The van der Waals surface area contributed by atoms with E-state index in [9.17, 15) is 14.7 Å². The zero-order valence-corrected chi connectivity index (χ0v) is 11.1. The average Bonchev–Trinajstić information content (AvgIpc) is 2.78. The maximum atomic E-state index is 11.4. The van der Waals surface area contributed by atoms with Crippen molar-refractivity contribution in [2.75, 3.05) is 0 Å². The molecule has 1 aromatic carbocycles. The molecule has 0 amide bonds. The first-order valence-corrected chi connectivity index (χ1v) is 5.94. The van der Waals surface area contributed by atoms with Crippen LogP contribution in [0, 0.1) is 13.8 Å². The Morgan fingerprint density at radius 3 is 2.32 bits per heavy atom. The van der Waals surface area contributed by atoms with Gasteiger partial charge in [-0.2, -0.15) is 0 Å². The molecule has 1 aromatic heterocycles. The summed E-state index contributed by atoms with van der Waals surface area (Å²) in [6.07, 6.45) is 1.57. The molecule has 2 aromatic rings. The minimum atomic E-state index is -1.05. The molecule has 98 valence electrons. The molecule has 0 aliphatic rings. The van der Waals surface area contributed by atoms with Gasteiger partial charge in [-0.1, -0.05) is 6.07 Å². The van der Waals surface area contributed by atoms with Crippen molar-refractivity contribution in [3.8, 4) is 5.69 Å². The van der Waals surface area contributed by atoms with Crippen LogP contribution in [0.3, 0.4) is 0 Å². The largest absolute Gasteiger partial charge is 0.477 e. The lowest BCUT2D eigenvalue weighted by atomic mass is 10.1. The summed E-state index contributed by atoms with van der Waals surface area (Å²) in [6, 6.07) is 7.09. The van der Waals surface area contributed by atoms with Gasteiger partial charge in [0.25, 0.3) is 0 Å². The number of aromatic nitrogens is 1. The first kappa shape index (κ1) is 13.1. The van der Waals surface area contributed by atoms with Crippen LogP contribution < -0.4 is 0 Å². The maximum absolute atomic E-state index is 11.4. The molecule has 0 bridgehead atoms. The Kier molecular flexibility index (Phi) is 3.25. The highest BCUT2D eigenvalue weighted by Gasteiger charge is 2.16. The van der Waals surface area contributed by atoms with Gasteiger partial charge < -0.3 is 9.67 Å². The monoisotopic (exact) mass is 257 g/mol. The number of benzene rings is 1. The van der Waals surface area contributed by atoms with E-state index in [1.165, 1.54) is 17.6 Å². The number of carboxylic acid groups (broad SMARTS) is 1. The quantitative estimate of drug-likeness (QED) is 0.860. The highest BCUT2D eigenvalue weighted by molar-refractivity contribution is 5.97. The van der Waals surface area contributed by atoms with Gasteiger partial charge in [-0.05, 0) is 50.1 Å². The predicted octanol–water partition coefficient (Wildman–Crippen LogP) is 2.99. The molecule has 0 aliphatic carbocycles. The molecule has 4 nitrogen and oxygen atoms in total. The number of nitrogens with zero attached hydrogens (tertiary/aromatic N) is 1. The molecule has 0 saturated carbocycles. The Bertz CT molecular complexity index is 668. The van der Waals surface area contributed by atoms with E-state index in [1.807, 2.05) is 32.0 Å². The number of aryl methyl sites for hydroxylation is 2. The summed E-state index contributed by atoms with van der Waals surface area (Å²) in [5.74, 6) is -1.20. The second kappa shape index (κ2) is 4.72. The molecular formula is C15H15NO3. The molecule has 4 heteroatoms. The lowest BCUT2D eigenvalue weighted by Gasteiger charge is -2.08. The fourth-order valence-corrected chi connectivity index (χ4v) is 1.91. The van der Waals surface area contributed by atoms with Crippen LogP contribution in [-0.2, 0) is 0 Å². The van der Waals surface area contributed by atoms with Gasteiger partial charge in [0.15, 0.2) is 5.78 Å². The van der Waals surface area contributed by atoms with Crippen LogP contribution >= 0.6 is 0 Å². The Hall–Kier alpha value is -2.36. The molecule has 0 atom stereocenters. The topological polar surface area (TPSA) is 59.3 Å². The van der Waals surface area contributed by atoms with Crippen molar-refractivity contribution in [3.63, 3.8) is 0 Å². The van der Waals surface area contributed by atoms with Crippen molar-refractivity contribution < 1.29 is 14.7 Å². The lowest BCUT2D eigenvalue weighted by Crippen LogP contribution is -2.05. The van der Waals surface area contributed by atoms with Crippen LogP contribution in [0.5, 0.6) is 0 Å². The third kappa shape index (κ3) is 2.42. The van der Waals surface area contributed by atoms with E-state index in [0.717, 1.165) is 16.8 Å². The predicted molar refractivity (Wildman–Crippen MR) is 72.2 cm³/mol. The molecule has 0 unspecified atom stereocenters. The molecule has 2 rings (SSSR count). The number of carbonyl (C=O) groups is 2. The molecule has 1 N–H and O–H groups in total. The van der Waals surface area contributed by atoms with Crippen LogP contribution in [0.1, 0.15) is 38.9 Å². The van der Waals surface area contributed by atoms with E-state index >= 15 is 0 Å². The summed E-state index contributed by atoms with van der Waals surface area (Å²) < 4.78 is 1.53. The molecule has 0 aliphatic heterocycles. The molecule has 19 heavy (non-hydrogen) atoms. The SMILES string of the molecule is CC(=O)c1cc(C(=O)O)n(-c2ccc(C)c(C)c2)c1. The Morgan fingerprint density at radius 2 is 1.79 bits per heavy atom. The second-order valence-corrected chi connectivity index (χ2v) is 4.61. The van der Waals surface area contributed by atoms with Crippen LogP contribution in [0.4, 0.5) is 0 Å². The Labute approximate surface area is 111 Å². The Morgan fingerprint density at radius 1 is 1.11 bits per heavy atom. The summed E-state index contributed by atoms with van der Waals surface area (Å²) in [5, 5.41) is 9.21. The summed E-state index contributed by atoms with van der Waals surface area (Å²) in [4.78, 5) is 22.6. The van der Waals surface area contributed by atoms with Crippen LogP contribution in [0.25, 0.3) is 5.69 Å². The average molecular weight is 257 g/mol. The maximum Gasteiger partial charge on any atom is 0.352 e. The Balaban J connectivity index is 2.62. The highest BCUT2D eigenvalue weighted by atomic mass is 16.4. The number of hydrogen-bond donors (Lipinski definition) is 1. The van der Waals surface area contributed by atoms with Crippen molar-refractivity contribution in [3.05, 3.63) is 52.8 Å². The lowest BCUT2D eigenvalue weighted by molar-refractivity contribution is 0.0688. The van der Waals surface area contributed by atoms with Crippen LogP contribution in [0.15, 0.2) is 30.5 Å². The van der Waals surface area contributed by atoms with Gasteiger partial charge in [0.1, 0.15) is 5.69 Å². The third-order valence-corrected chi connectivity index (χ3v) is 3.21. The normalized spacial score (nSPS) is 10.5. The van der Waals surface area contributed by atoms with Crippen molar-refractivity contribution in [1.29, 1.82) is 0 Å². The number of Topliss-reactive ketones (excluding diaryl/α,β-unsaturated/α-hetero) is 1. The van der Waals surface area contributed by atoms with Crippen LogP contribution in [0.2, 0.25) is 0 Å². The van der Waals surface area contributed by atoms with Gasteiger partial charge in [-0.15, -0.1) is 0 Å². The molecule has 0 saturated heterocycles. The number of ketones is 1. The van der Waals surface area contributed by atoms with Gasteiger partial charge in [0.05, 0.1) is 0 Å². The first-order chi connectivity index (χ1) is 8.90. The van der Waals surface area contributed by atoms with Crippen molar-refractivity contribution >= 4 is 11.8 Å². The van der Waals surface area contributed by atoms with E-state index in [-0.39, 0.29) is 11.5 Å². The number of rotatable bonds is 3. The fourth-order valence-electron chi connectivity index (χ4n) is 1.91. The smallest absolute Gasteiger partial charge is 0.352 e. The summed E-state index contributed by atoms with van der Waals surface area (Å²) in [5.41, 5.74) is 3.45. The minimum Gasteiger partial charge on any atom is -0.477 e. The second-order valence-electron chi connectivity index (χ2n) is 4.61. The van der Waals surface area contributed by atoms with E-state index in [0.29, 0.717) is 5.56 Å². The molecule has 0 fully saturated rings. The van der Waals surface area contributed by atoms with Gasteiger partial charge in [-0.3, -0.25) is 4.79 Å². The molecule has 0 spiro atoms. The molecule has 0 radical (unpaired) electrons. The number of carboxylic acids is 1. The third-order valence-electron chi connectivity index (χ3n) is 3.21. The van der Waals surface area contributed by atoms with Gasteiger partial charge in [0.2, 0.25) is 0 Å². The fraction of sp³-hybridized carbons (Fsp3) is 0.200. The first-order valence-electron chi connectivity index (χ1n) is 5.94. The van der Waals surface area contributed by atoms with Crippen molar-refractivity contribution in [2.45, 2.75) is 20.8 Å². The summed E-state index contributed by atoms with van der Waals surface area (Å²) in [7, 11) is 0. The van der Waals surface area contributed by atoms with Gasteiger partial charge >= 0.3 is 5.97 Å². The van der Waals surface area contributed by atoms with Crippen LogP contribution in [-0.4, -0.2) is 21.4 Å². The molecular weight excluding hydrogens is 242 g/mol. The summed E-state index contributed by atoms with van der Waals surface area (Å²) in [6.45, 7) is 5.38. The zero-order chi connectivity index (χ0) is 14.2. The standard InChI is InChI=1S/C15H15NO3/c1-9-4-5-13(6-10(9)2)16-8-12(11(3)17)7-14(16)15(18)19/h4-8H,1-3H3,(H,18,19). The van der Waals surface area contributed by atoms with Crippen molar-refractivity contribution in [1.82, 2.24) is 4.57 Å². The van der Waals surface area contributed by atoms with E-state index < -0.39 is 5.97 Å². The minimum absolute atomic E-state index is 0.0912. The number of hydrogen-bond acceptors (Lipinski definition) is 2. The summed E-state index contributed by atoms with van der Waals surface area (Å²) >= 11 is 0. The van der Waals surface area contributed by atoms with Gasteiger partial charge in [0, 0.05) is 17.4 Å². The van der Waals surface area contributed by atoms with E-state index in [4.69, 9.17) is 0 Å². The molecule has 1 heterocycles. The highest BCUT2D eigenvalue weighted by Crippen LogP contribution is 2.19. The zero-order valence-electron chi connectivity index (χ0n) is 11.1.